The van der Waals surface area contributed by atoms with Crippen molar-refractivity contribution in [2.45, 2.75) is 19.8 Å². The van der Waals surface area contributed by atoms with Crippen molar-refractivity contribution in [2.24, 2.45) is 0 Å². The molecule has 0 saturated carbocycles. The van der Waals surface area contributed by atoms with Gasteiger partial charge in [0.2, 0.25) is 5.75 Å². The second-order valence-corrected chi connectivity index (χ2v) is 4.10. The summed E-state index contributed by atoms with van der Waals surface area (Å²) in [5, 5.41) is 17.6. The predicted octanol–water partition coefficient (Wildman–Crippen LogP) is 3.16. The summed E-state index contributed by atoms with van der Waals surface area (Å²) in [5.74, 6) is 0.308. The standard InChI is InChI=1S/C13H15N3O3/c1-2-3-7-19-13-11(10-8-14-15-9-10)5-4-6-12(13)16(17)18/h4-6,8-9H,2-3,7H2,1H3,(H,14,15). The van der Waals surface area contributed by atoms with Gasteiger partial charge in [0, 0.05) is 23.4 Å². The largest absolute Gasteiger partial charge is 0.486 e. The van der Waals surface area contributed by atoms with Crippen LogP contribution < -0.4 is 4.74 Å². The van der Waals surface area contributed by atoms with Crippen LogP contribution in [-0.2, 0) is 0 Å². The van der Waals surface area contributed by atoms with Crippen LogP contribution in [0.2, 0.25) is 0 Å². The van der Waals surface area contributed by atoms with Crippen molar-refractivity contribution in [1.82, 2.24) is 10.2 Å². The van der Waals surface area contributed by atoms with Crippen molar-refractivity contribution in [3.05, 3.63) is 40.7 Å². The molecule has 0 atom stereocenters. The molecule has 0 amide bonds. The van der Waals surface area contributed by atoms with Crippen LogP contribution in [0.4, 0.5) is 5.69 Å². The molecule has 6 heteroatoms. The first-order valence-corrected chi connectivity index (χ1v) is 6.13. The number of rotatable bonds is 6. The smallest absolute Gasteiger partial charge is 0.311 e. The first-order valence-electron chi connectivity index (χ1n) is 6.13. The van der Waals surface area contributed by atoms with E-state index in [-0.39, 0.29) is 5.69 Å². The van der Waals surface area contributed by atoms with Crippen LogP contribution in [-0.4, -0.2) is 21.7 Å². The minimum atomic E-state index is -0.426. The molecule has 1 aromatic heterocycles. The average molecular weight is 261 g/mol. The van der Waals surface area contributed by atoms with Crippen molar-refractivity contribution in [1.29, 1.82) is 0 Å². The molecule has 0 unspecified atom stereocenters. The third-order valence-corrected chi connectivity index (χ3v) is 2.74. The lowest BCUT2D eigenvalue weighted by atomic mass is 10.1. The number of unbranched alkanes of at least 4 members (excludes halogenated alkanes) is 1. The Hall–Kier alpha value is -2.37. The van der Waals surface area contributed by atoms with Crippen LogP contribution in [0.1, 0.15) is 19.8 Å². The molecule has 0 bridgehead atoms. The zero-order valence-electron chi connectivity index (χ0n) is 10.6. The number of nitro groups is 1. The van der Waals surface area contributed by atoms with Gasteiger partial charge in [-0.1, -0.05) is 25.5 Å². The molecule has 2 aromatic rings. The van der Waals surface area contributed by atoms with Crippen molar-refractivity contribution in [2.75, 3.05) is 6.61 Å². The topological polar surface area (TPSA) is 81.0 Å². The summed E-state index contributed by atoms with van der Waals surface area (Å²) in [7, 11) is 0. The molecule has 0 saturated heterocycles. The van der Waals surface area contributed by atoms with E-state index in [4.69, 9.17) is 4.74 Å². The normalized spacial score (nSPS) is 10.4. The molecular weight excluding hydrogens is 246 g/mol. The quantitative estimate of drug-likeness (QED) is 0.492. The molecule has 2 rings (SSSR count). The Morgan fingerprint density at radius 3 is 2.95 bits per heavy atom. The molecule has 6 nitrogen and oxygen atoms in total. The third-order valence-electron chi connectivity index (χ3n) is 2.74. The summed E-state index contributed by atoms with van der Waals surface area (Å²) in [4.78, 5) is 10.7. The SMILES string of the molecule is CCCCOc1c(-c2cn[nH]c2)cccc1[N+](=O)[O-]. The molecule has 100 valence electrons. The second-order valence-electron chi connectivity index (χ2n) is 4.10. The number of benzene rings is 1. The number of aromatic nitrogens is 2. The van der Waals surface area contributed by atoms with Gasteiger partial charge in [0.1, 0.15) is 0 Å². The second kappa shape index (κ2) is 5.99. The Labute approximate surface area is 110 Å². The van der Waals surface area contributed by atoms with Gasteiger partial charge in [-0.3, -0.25) is 15.2 Å². The molecule has 1 N–H and O–H groups in total. The van der Waals surface area contributed by atoms with E-state index in [1.165, 1.54) is 6.07 Å². The molecule has 0 fully saturated rings. The predicted molar refractivity (Wildman–Crippen MR) is 71.1 cm³/mol. The number of para-hydroxylation sites is 1. The molecule has 0 radical (unpaired) electrons. The van der Waals surface area contributed by atoms with Crippen molar-refractivity contribution >= 4 is 5.69 Å². The molecule has 0 aliphatic carbocycles. The molecule has 1 heterocycles. The van der Waals surface area contributed by atoms with Crippen molar-refractivity contribution in [3.63, 3.8) is 0 Å². The number of hydrogen-bond donors (Lipinski definition) is 1. The van der Waals surface area contributed by atoms with Gasteiger partial charge in [-0.15, -0.1) is 0 Å². The zero-order valence-corrected chi connectivity index (χ0v) is 10.6. The first-order chi connectivity index (χ1) is 9.24. The number of nitrogens with zero attached hydrogens (tertiary/aromatic N) is 2. The van der Waals surface area contributed by atoms with E-state index in [1.54, 1.807) is 24.5 Å². The fourth-order valence-corrected chi connectivity index (χ4v) is 1.76. The van der Waals surface area contributed by atoms with E-state index in [0.29, 0.717) is 17.9 Å². The van der Waals surface area contributed by atoms with Gasteiger partial charge in [-0.2, -0.15) is 5.10 Å². The Morgan fingerprint density at radius 1 is 1.47 bits per heavy atom. The van der Waals surface area contributed by atoms with Crippen LogP contribution in [0.5, 0.6) is 5.75 Å². The number of nitrogens with one attached hydrogen (secondary N) is 1. The summed E-state index contributed by atoms with van der Waals surface area (Å²) in [5.41, 5.74) is 1.43. The number of H-pyrrole nitrogens is 1. The lowest BCUT2D eigenvalue weighted by Crippen LogP contribution is -2.01. The first kappa shape index (κ1) is 13.1. The highest BCUT2D eigenvalue weighted by atomic mass is 16.6. The fraction of sp³-hybridized carbons (Fsp3) is 0.308. The van der Waals surface area contributed by atoms with E-state index in [0.717, 1.165) is 18.4 Å². The van der Waals surface area contributed by atoms with E-state index in [1.807, 2.05) is 6.92 Å². The van der Waals surface area contributed by atoms with E-state index < -0.39 is 4.92 Å². The highest BCUT2D eigenvalue weighted by Gasteiger charge is 2.20. The summed E-state index contributed by atoms with van der Waals surface area (Å²) < 4.78 is 5.61. The summed E-state index contributed by atoms with van der Waals surface area (Å²) in [6, 6.07) is 4.89. The lowest BCUT2D eigenvalue weighted by molar-refractivity contribution is -0.385. The van der Waals surface area contributed by atoms with Gasteiger partial charge in [-0.25, -0.2) is 0 Å². The Balaban J connectivity index is 2.41. The highest BCUT2D eigenvalue weighted by Crippen LogP contribution is 2.37. The van der Waals surface area contributed by atoms with Gasteiger partial charge >= 0.3 is 5.69 Å². The summed E-state index contributed by atoms with van der Waals surface area (Å²) in [6.07, 6.45) is 5.13. The monoisotopic (exact) mass is 261 g/mol. The van der Waals surface area contributed by atoms with Crippen LogP contribution >= 0.6 is 0 Å². The van der Waals surface area contributed by atoms with Crippen LogP contribution in [0, 0.1) is 10.1 Å². The van der Waals surface area contributed by atoms with Crippen molar-refractivity contribution in [3.8, 4) is 16.9 Å². The maximum absolute atomic E-state index is 11.1. The molecule has 19 heavy (non-hydrogen) atoms. The minimum Gasteiger partial charge on any atom is -0.486 e. The Kier molecular flexibility index (Phi) is 4.12. The molecule has 0 aliphatic heterocycles. The summed E-state index contributed by atoms with van der Waals surface area (Å²) >= 11 is 0. The number of ether oxygens (including phenoxy) is 1. The van der Waals surface area contributed by atoms with Gasteiger partial charge in [0.25, 0.3) is 0 Å². The van der Waals surface area contributed by atoms with Gasteiger partial charge in [0.15, 0.2) is 0 Å². The Morgan fingerprint density at radius 2 is 2.32 bits per heavy atom. The third kappa shape index (κ3) is 2.90. The average Bonchev–Trinajstić information content (AvgIpc) is 2.92. The van der Waals surface area contributed by atoms with Gasteiger partial charge in [0.05, 0.1) is 17.7 Å². The summed E-state index contributed by atoms with van der Waals surface area (Å²) in [6.45, 7) is 2.51. The minimum absolute atomic E-state index is 0.0187. The number of nitro benzene ring substituents is 1. The van der Waals surface area contributed by atoms with E-state index >= 15 is 0 Å². The number of hydrogen-bond acceptors (Lipinski definition) is 4. The van der Waals surface area contributed by atoms with Gasteiger partial charge < -0.3 is 4.74 Å². The van der Waals surface area contributed by atoms with Gasteiger partial charge in [-0.05, 0) is 6.42 Å². The Bertz CT molecular complexity index is 552. The van der Waals surface area contributed by atoms with Crippen LogP contribution in [0.15, 0.2) is 30.6 Å². The maximum Gasteiger partial charge on any atom is 0.311 e. The van der Waals surface area contributed by atoms with E-state index in [2.05, 4.69) is 10.2 Å². The molecule has 1 aromatic carbocycles. The van der Waals surface area contributed by atoms with Crippen LogP contribution in [0.3, 0.4) is 0 Å². The zero-order chi connectivity index (χ0) is 13.7. The molecular formula is C13H15N3O3. The molecule has 0 spiro atoms. The maximum atomic E-state index is 11.1. The van der Waals surface area contributed by atoms with Crippen LogP contribution in [0.25, 0.3) is 11.1 Å². The molecule has 0 aliphatic rings. The fourth-order valence-electron chi connectivity index (χ4n) is 1.76. The van der Waals surface area contributed by atoms with Crippen molar-refractivity contribution < 1.29 is 9.66 Å². The van der Waals surface area contributed by atoms with E-state index in [9.17, 15) is 10.1 Å². The number of aromatic amines is 1. The highest BCUT2D eigenvalue weighted by molar-refractivity contribution is 5.74. The lowest BCUT2D eigenvalue weighted by Gasteiger charge is -2.10.